The predicted octanol–water partition coefficient (Wildman–Crippen LogP) is 3.03. The minimum absolute atomic E-state index is 0.272. The lowest BCUT2D eigenvalue weighted by Gasteiger charge is -2.21. The van der Waals surface area contributed by atoms with Gasteiger partial charge in [-0.2, -0.15) is 5.26 Å². The second kappa shape index (κ2) is 5.42. The van der Waals surface area contributed by atoms with Crippen LogP contribution in [0, 0.1) is 18.3 Å². The van der Waals surface area contributed by atoms with E-state index < -0.39 is 5.54 Å². The monoisotopic (exact) mass is 341 g/mol. The Kier molecular flexibility index (Phi) is 3.46. The largest absolute Gasteiger partial charge is 0.397 e. The van der Waals surface area contributed by atoms with Crippen LogP contribution in [0.5, 0.6) is 0 Å². The molecule has 2 aromatic heterocycles. The lowest BCUT2D eigenvalue weighted by Crippen LogP contribution is -2.45. The summed E-state index contributed by atoms with van der Waals surface area (Å²) < 4.78 is 0. The Balaban J connectivity index is 1.71. The maximum absolute atomic E-state index is 12.7. The molecule has 2 saturated carbocycles. The molecule has 0 aromatic carbocycles. The molecule has 2 aliphatic rings. The molecule has 0 bridgehead atoms. The quantitative estimate of drug-likeness (QED) is 0.893. The molecule has 0 saturated heterocycles. The second-order valence-electron chi connectivity index (χ2n) is 6.82. The predicted molar refractivity (Wildman–Crippen MR) is 92.8 cm³/mol. The number of fused-ring (bicyclic) bond motifs is 1. The zero-order valence-electron chi connectivity index (χ0n) is 13.6. The first-order chi connectivity index (χ1) is 11.5. The molecular formula is C17H19N5OS. The molecule has 24 heavy (non-hydrogen) atoms. The number of aryl methyl sites for hydroxylation is 1. The summed E-state index contributed by atoms with van der Waals surface area (Å²) in [6.45, 7) is 1.91. The molecule has 0 spiro atoms. The van der Waals surface area contributed by atoms with E-state index in [9.17, 15) is 10.1 Å². The molecular weight excluding hydrogens is 322 g/mol. The van der Waals surface area contributed by atoms with Crippen molar-refractivity contribution in [2.75, 3.05) is 5.73 Å². The van der Waals surface area contributed by atoms with Crippen LogP contribution in [0.2, 0.25) is 0 Å². The molecule has 0 aliphatic heterocycles. The molecule has 124 valence electrons. The number of anilines is 1. The minimum Gasteiger partial charge on any atom is -0.397 e. The van der Waals surface area contributed by atoms with Crippen molar-refractivity contribution in [1.82, 2.24) is 15.3 Å². The summed E-state index contributed by atoms with van der Waals surface area (Å²) in [6.07, 6.45) is 5.58. The van der Waals surface area contributed by atoms with Crippen LogP contribution in [0.1, 0.15) is 65.6 Å². The second-order valence-corrected chi connectivity index (χ2v) is 7.82. The van der Waals surface area contributed by atoms with Gasteiger partial charge in [-0.25, -0.2) is 9.97 Å². The number of hydrogen-bond acceptors (Lipinski definition) is 6. The Morgan fingerprint density at radius 1 is 1.38 bits per heavy atom. The van der Waals surface area contributed by atoms with Crippen molar-refractivity contribution in [3.63, 3.8) is 0 Å². The van der Waals surface area contributed by atoms with E-state index >= 15 is 0 Å². The zero-order chi connectivity index (χ0) is 16.9. The van der Waals surface area contributed by atoms with Crippen LogP contribution in [0.4, 0.5) is 5.69 Å². The number of thiophene rings is 1. The van der Waals surface area contributed by atoms with Gasteiger partial charge < -0.3 is 11.1 Å². The van der Waals surface area contributed by atoms with Gasteiger partial charge in [-0.1, -0.05) is 0 Å². The van der Waals surface area contributed by atoms with E-state index in [-0.39, 0.29) is 5.91 Å². The summed E-state index contributed by atoms with van der Waals surface area (Å²) in [5.74, 6) is 1.04. The third kappa shape index (κ3) is 2.42. The maximum atomic E-state index is 12.7. The van der Waals surface area contributed by atoms with Crippen molar-refractivity contribution in [2.24, 2.45) is 0 Å². The number of nitrogens with two attached hydrogens (primary N) is 1. The molecule has 1 amide bonds. The minimum atomic E-state index is -0.750. The zero-order valence-corrected chi connectivity index (χ0v) is 14.4. The van der Waals surface area contributed by atoms with Gasteiger partial charge in [-0.15, -0.1) is 11.3 Å². The van der Waals surface area contributed by atoms with Gasteiger partial charge in [-0.05, 0) is 45.4 Å². The average molecular weight is 341 g/mol. The number of carbonyl (C=O) groups is 1. The highest BCUT2D eigenvalue weighted by Crippen LogP contribution is 2.41. The van der Waals surface area contributed by atoms with Crippen molar-refractivity contribution in [3.8, 4) is 6.07 Å². The number of carbonyl (C=O) groups excluding carboxylic acids is 1. The number of nitrogens with one attached hydrogen (secondary N) is 1. The van der Waals surface area contributed by atoms with E-state index in [2.05, 4.69) is 21.4 Å². The van der Waals surface area contributed by atoms with Gasteiger partial charge in [0.2, 0.25) is 0 Å². The first kappa shape index (κ1) is 15.3. The molecule has 0 unspecified atom stereocenters. The molecule has 2 fully saturated rings. The van der Waals surface area contributed by atoms with Gasteiger partial charge in [0.05, 0.1) is 22.8 Å². The Labute approximate surface area is 144 Å². The fraction of sp³-hybridized carbons (Fsp3) is 0.529. The first-order valence-corrected chi connectivity index (χ1v) is 9.15. The third-order valence-electron chi connectivity index (χ3n) is 4.96. The molecule has 2 heterocycles. The molecule has 2 aliphatic carbocycles. The molecule has 7 heteroatoms. The normalized spacial score (nSPS) is 19.3. The van der Waals surface area contributed by atoms with Crippen LogP contribution in [0.25, 0.3) is 10.2 Å². The fourth-order valence-corrected chi connectivity index (χ4v) is 4.47. The summed E-state index contributed by atoms with van der Waals surface area (Å²) in [4.78, 5) is 23.1. The van der Waals surface area contributed by atoms with Crippen molar-refractivity contribution >= 4 is 33.1 Å². The van der Waals surface area contributed by atoms with Gasteiger partial charge in [-0.3, -0.25) is 4.79 Å². The van der Waals surface area contributed by atoms with Gasteiger partial charge in [0.15, 0.2) is 0 Å². The number of rotatable bonds is 3. The van der Waals surface area contributed by atoms with Crippen molar-refractivity contribution in [1.29, 1.82) is 5.26 Å². The number of nitriles is 1. The van der Waals surface area contributed by atoms with Gasteiger partial charge in [0.25, 0.3) is 5.91 Å². The highest BCUT2D eigenvalue weighted by molar-refractivity contribution is 7.21. The number of hydrogen-bond donors (Lipinski definition) is 2. The van der Waals surface area contributed by atoms with Crippen LogP contribution in [-0.2, 0) is 0 Å². The number of nitrogens with zero attached hydrogens (tertiary/aromatic N) is 3. The van der Waals surface area contributed by atoms with E-state index in [0.717, 1.165) is 47.4 Å². The first-order valence-electron chi connectivity index (χ1n) is 8.33. The Morgan fingerprint density at radius 3 is 2.71 bits per heavy atom. The number of aromatic nitrogens is 2. The van der Waals surface area contributed by atoms with E-state index in [1.165, 1.54) is 11.3 Å². The molecule has 2 aromatic rings. The SMILES string of the molecule is Cc1nc(C2CC2)nc2sc(C(=O)NC3(C#N)CCCC3)c(N)c12. The Bertz CT molecular complexity index is 871. The van der Waals surface area contributed by atoms with E-state index in [4.69, 9.17) is 5.73 Å². The summed E-state index contributed by atoms with van der Waals surface area (Å²) in [6, 6.07) is 2.28. The number of nitrogen functional groups attached to an aromatic ring is 1. The third-order valence-corrected chi connectivity index (χ3v) is 6.06. The summed E-state index contributed by atoms with van der Waals surface area (Å²) in [5.41, 5.74) is 6.73. The highest BCUT2D eigenvalue weighted by Gasteiger charge is 2.37. The summed E-state index contributed by atoms with van der Waals surface area (Å²) >= 11 is 1.30. The Hall–Kier alpha value is -2.20. The maximum Gasteiger partial charge on any atom is 0.264 e. The molecule has 0 atom stereocenters. The Morgan fingerprint density at radius 2 is 2.08 bits per heavy atom. The smallest absolute Gasteiger partial charge is 0.264 e. The molecule has 3 N–H and O–H groups in total. The van der Waals surface area contributed by atoms with E-state index in [1.54, 1.807) is 0 Å². The van der Waals surface area contributed by atoms with Crippen LogP contribution in [0.3, 0.4) is 0 Å². The summed E-state index contributed by atoms with van der Waals surface area (Å²) in [7, 11) is 0. The molecule has 4 rings (SSSR count). The lowest BCUT2D eigenvalue weighted by molar-refractivity contribution is 0.0925. The highest BCUT2D eigenvalue weighted by atomic mass is 32.1. The van der Waals surface area contributed by atoms with Crippen LogP contribution >= 0.6 is 11.3 Å². The van der Waals surface area contributed by atoms with Crippen LogP contribution in [0.15, 0.2) is 0 Å². The standard InChI is InChI=1S/C17H19N5OS/c1-9-11-12(19)13(15(23)22-17(8-18)6-2-3-7-17)24-16(11)21-14(20-9)10-4-5-10/h10H,2-7,19H2,1H3,(H,22,23). The van der Waals surface area contributed by atoms with Crippen molar-refractivity contribution in [2.45, 2.75) is 56.9 Å². The van der Waals surface area contributed by atoms with Crippen LogP contribution in [-0.4, -0.2) is 21.4 Å². The molecule has 0 radical (unpaired) electrons. The van der Waals surface area contributed by atoms with Crippen molar-refractivity contribution < 1.29 is 4.79 Å². The average Bonchev–Trinajstić information content (AvgIpc) is 3.22. The van der Waals surface area contributed by atoms with Gasteiger partial charge >= 0.3 is 0 Å². The van der Waals surface area contributed by atoms with Crippen LogP contribution < -0.4 is 11.1 Å². The summed E-state index contributed by atoms with van der Waals surface area (Å²) in [5, 5.41) is 13.1. The van der Waals surface area contributed by atoms with Gasteiger partial charge in [0, 0.05) is 5.92 Å². The van der Waals surface area contributed by atoms with E-state index in [1.807, 2.05) is 6.92 Å². The van der Waals surface area contributed by atoms with Crippen molar-refractivity contribution in [3.05, 3.63) is 16.4 Å². The molecule has 6 nitrogen and oxygen atoms in total. The fourth-order valence-electron chi connectivity index (χ4n) is 3.43. The lowest BCUT2D eigenvalue weighted by atomic mass is 10.00. The number of amides is 1. The topological polar surface area (TPSA) is 105 Å². The van der Waals surface area contributed by atoms with Gasteiger partial charge in [0.1, 0.15) is 21.1 Å². The van der Waals surface area contributed by atoms with E-state index in [0.29, 0.717) is 29.3 Å².